The molecule has 1 amide bonds. The third kappa shape index (κ3) is 4.20. The number of amides is 1. The summed E-state index contributed by atoms with van der Waals surface area (Å²) < 4.78 is 14.6. The van der Waals surface area contributed by atoms with Crippen LogP contribution in [-0.4, -0.2) is 16.1 Å². The SMILES string of the molecule is Cc1ccc2c(Cl)c(C(=O)Nc3nnc(SCc4ccc(F)cc4)s3)sc2c1. The van der Waals surface area contributed by atoms with E-state index in [9.17, 15) is 9.18 Å². The van der Waals surface area contributed by atoms with Crippen molar-refractivity contribution in [3.63, 3.8) is 0 Å². The van der Waals surface area contributed by atoms with Gasteiger partial charge in [0, 0.05) is 15.8 Å². The van der Waals surface area contributed by atoms with E-state index >= 15 is 0 Å². The second-order valence-corrected chi connectivity index (χ2v) is 9.62. The Labute approximate surface area is 177 Å². The van der Waals surface area contributed by atoms with Gasteiger partial charge in [0.2, 0.25) is 5.13 Å². The van der Waals surface area contributed by atoms with Crippen molar-refractivity contribution < 1.29 is 9.18 Å². The van der Waals surface area contributed by atoms with E-state index in [0.717, 1.165) is 25.6 Å². The van der Waals surface area contributed by atoms with Gasteiger partial charge in [-0.1, -0.05) is 59.0 Å². The average Bonchev–Trinajstić information content (AvgIpc) is 3.25. The molecule has 0 radical (unpaired) electrons. The summed E-state index contributed by atoms with van der Waals surface area (Å²) in [6.07, 6.45) is 0. The van der Waals surface area contributed by atoms with Crippen molar-refractivity contribution in [1.82, 2.24) is 10.2 Å². The number of anilines is 1. The summed E-state index contributed by atoms with van der Waals surface area (Å²) in [4.78, 5) is 13.1. The van der Waals surface area contributed by atoms with Crippen LogP contribution in [0.3, 0.4) is 0 Å². The minimum atomic E-state index is -0.296. The Hall–Kier alpha value is -2.00. The van der Waals surface area contributed by atoms with Gasteiger partial charge in [-0.25, -0.2) is 4.39 Å². The maximum absolute atomic E-state index is 13.0. The third-order valence-electron chi connectivity index (χ3n) is 3.89. The Morgan fingerprint density at radius 2 is 1.96 bits per heavy atom. The molecule has 0 bridgehead atoms. The Morgan fingerprint density at radius 3 is 2.75 bits per heavy atom. The fraction of sp³-hybridized carbons (Fsp3) is 0.105. The van der Waals surface area contributed by atoms with Gasteiger partial charge < -0.3 is 0 Å². The molecule has 0 unspecified atom stereocenters. The third-order valence-corrected chi connectivity index (χ3v) is 7.59. The lowest BCUT2D eigenvalue weighted by molar-refractivity contribution is 0.103. The number of rotatable bonds is 5. The molecule has 4 aromatic rings. The minimum Gasteiger partial charge on any atom is -0.296 e. The van der Waals surface area contributed by atoms with Crippen LogP contribution in [0, 0.1) is 12.7 Å². The average molecular weight is 450 g/mol. The number of aryl methyl sites for hydroxylation is 1. The Balaban J connectivity index is 1.44. The molecule has 0 aliphatic rings. The summed E-state index contributed by atoms with van der Waals surface area (Å²) in [5.74, 6) is 0.0875. The quantitative estimate of drug-likeness (QED) is 0.283. The Morgan fingerprint density at radius 1 is 1.18 bits per heavy atom. The number of carbonyl (C=O) groups is 1. The molecule has 142 valence electrons. The summed E-state index contributed by atoms with van der Waals surface area (Å²) in [6, 6.07) is 12.2. The molecule has 0 saturated heterocycles. The first kappa shape index (κ1) is 19.3. The molecule has 0 atom stereocenters. The number of benzene rings is 2. The van der Waals surface area contributed by atoms with Gasteiger partial charge in [0.05, 0.1) is 5.02 Å². The van der Waals surface area contributed by atoms with Gasteiger partial charge in [-0.3, -0.25) is 10.1 Å². The number of hydrogen-bond donors (Lipinski definition) is 1. The van der Waals surface area contributed by atoms with Crippen molar-refractivity contribution in [2.45, 2.75) is 17.0 Å². The van der Waals surface area contributed by atoms with Gasteiger partial charge in [0.25, 0.3) is 5.91 Å². The lowest BCUT2D eigenvalue weighted by Gasteiger charge is -1.99. The van der Waals surface area contributed by atoms with Gasteiger partial charge in [0.1, 0.15) is 10.7 Å². The molecule has 4 rings (SSSR count). The number of aromatic nitrogens is 2. The summed E-state index contributed by atoms with van der Waals surface area (Å²) in [5.41, 5.74) is 2.10. The second-order valence-electron chi connectivity index (χ2n) is 5.99. The lowest BCUT2D eigenvalue weighted by atomic mass is 10.2. The predicted molar refractivity (Wildman–Crippen MR) is 115 cm³/mol. The van der Waals surface area contributed by atoms with Crippen LogP contribution in [0.1, 0.15) is 20.8 Å². The van der Waals surface area contributed by atoms with Crippen LogP contribution in [0.25, 0.3) is 10.1 Å². The molecule has 0 fully saturated rings. The monoisotopic (exact) mass is 449 g/mol. The lowest BCUT2D eigenvalue weighted by Crippen LogP contribution is -2.10. The van der Waals surface area contributed by atoms with Crippen molar-refractivity contribution in [1.29, 1.82) is 0 Å². The van der Waals surface area contributed by atoms with Crippen LogP contribution in [0.5, 0.6) is 0 Å². The second kappa shape index (κ2) is 8.16. The molecule has 4 nitrogen and oxygen atoms in total. The van der Waals surface area contributed by atoms with E-state index in [1.807, 2.05) is 25.1 Å². The predicted octanol–water partition coefficient (Wildman–Crippen LogP) is 6.40. The first-order valence-corrected chi connectivity index (χ1v) is 11.2. The van der Waals surface area contributed by atoms with Crippen molar-refractivity contribution >= 4 is 67.2 Å². The number of carbonyl (C=O) groups excluding carboxylic acids is 1. The smallest absolute Gasteiger partial charge is 0.269 e. The molecule has 0 aliphatic heterocycles. The summed E-state index contributed by atoms with van der Waals surface area (Å²) in [6.45, 7) is 2.00. The molecular formula is C19H13ClFN3OS3. The van der Waals surface area contributed by atoms with Crippen molar-refractivity contribution in [3.05, 3.63) is 69.3 Å². The van der Waals surface area contributed by atoms with Crippen molar-refractivity contribution in [3.8, 4) is 0 Å². The molecule has 9 heteroatoms. The van der Waals surface area contributed by atoms with Crippen LogP contribution in [0.4, 0.5) is 9.52 Å². The van der Waals surface area contributed by atoms with E-state index in [-0.39, 0.29) is 11.7 Å². The van der Waals surface area contributed by atoms with Crippen molar-refractivity contribution in [2.24, 2.45) is 0 Å². The largest absolute Gasteiger partial charge is 0.296 e. The fourth-order valence-electron chi connectivity index (χ4n) is 2.52. The van der Waals surface area contributed by atoms with Gasteiger partial charge >= 0.3 is 0 Å². The highest BCUT2D eigenvalue weighted by atomic mass is 35.5. The highest BCUT2D eigenvalue weighted by molar-refractivity contribution is 8.00. The van der Waals surface area contributed by atoms with Gasteiger partial charge in [-0.15, -0.1) is 21.5 Å². The molecule has 0 saturated carbocycles. The fourth-order valence-corrected chi connectivity index (χ4v) is 5.73. The van der Waals surface area contributed by atoms with E-state index in [1.165, 1.54) is 46.6 Å². The van der Waals surface area contributed by atoms with Gasteiger partial charge in [0.15, 0.2) is 4.34 Å². The number of thiophene rings is 1. The van der Waals surface area contributed by atoms with Gasteiger partial charge in [-0.05, 0) is 36.2 Å². The molecule has 1 N–H and O–H groups in total. The van der Waals surface area contributed by atoms with Crippen LogP contribution in [0.15, 0.2) is 46.8 Å². The maximum Gasteiger partial charge on any atom is 0.269 e. The summed E-state index contributed by atoms with van der Waals surface area (Å²) in [5, 5.41) is 12.6. The first-order chi connectivity index (χ1) is 13.5. The molecule has 0 spiro atoms. The van der Waals surface area contributed by atoms with E-state index in [4.69, 9.17) is 11.6 Å². The highest BCUT2D eigenvalue weighted by Gasteiger charge is 2.19. The number of nitrogens with zero attached hydrogens (tertiary/aromatic N) is 2. The zero-order chi connectivity index (χ0) is 19.7. The number of fused-ring (bicyclic) bond motifs is 1. The first-order valence-electron chi connectivity index (χ1n) is 8.20. The van der Waals surface area contributed by atoms with E-state index in [1.54, 1.807) is 12.1 Å². The summed E-state index contributed by atoms with van der Waals surface area (Å²) >= 11 is 10.5. The van der Waals surface area contributed by atoms with E-state index in [0.29, 0.717) is 20.8 Å². The Kier molecular flexibility index (Phi) is 5.63. The number of nitrogens with one attached hydrogen (secondary N) is 1. The van der Waals surface area contributed by atoms with Crippen LogP contribution >= 0.6 is 46.0 Å². The van der Waals surface area contributed by atoms with Gasteiger partial charge in [-0.2, -0.15) is 0 Å². The summed E-state index contributed by atoms with van der Waals surface area (Å²) in [7, 11) is 0. The number of halogens is 2. The molecular weight excluding hydrogens is 437 g/mol. The number of thioether (sulfide) groups is 1. The highest BCUT2D eigenvalue weighted by Crippen LogP contribution is 2.36. The van der Waals surface area contributed by atoms with E-state index < -0.39 is 0 Å². The van der Waals surface area contributed by atoms with Crippen LogP contribution in [-0.2, 0) is 5.75 Å². The normalized spacial score (nSPS) is 11.1. The van der Waals surface area contributed by atoms with Crippen molar-refractivity contribution in [2.75, 3.05) is 5.32 Å². The van der Waals surface area contributed by atoms with Crippen LogP contribution < -0.4 is 5.32 Å². The van der Waals surface area contributed by atoms with Crippen LogP contribution in [0.2, 0.25) is 5.02 Å². The molecule has 2 aromatic carbocycles. The zero-order valence-corrected chi connectivity index (χ0v) is 17.7. The minimum absolute atomic E-state index is 0.260. The number of hydrogen-bond acceptors (Lipinski definition) is 6. The topological polar surface area (TPSA) is 54.9 Å². The molecule has 2 heterocycles. The molecule has 28 heavy (non-hydrogen) atoms. The molecule has 2 aromatic heterocycles. The Bertz CT molecular complexity index is 1160. The molecule has 0 aliphatic carbocycles. The maximum atomic E-state index is 13.0. The zero-order valence-electron chi connectivity index (χ0n) is 14.5. The standard InChI is InChI=1S/C19H13ClFN3OS3/c1-10-2-7-13-14(8-10)27-16(15(13)20)17(25)22-18-23-24-19(28-18)26-9-11-3-5-12(21)6-4-11/h2-8H,9H2,1H3,(H,22,23,25). The van der Waals surface area contributed by atoms with E-state index in [2.05, 4.69) is 15.5 Å².